The van der Waals surface area contributed by atoms with Gasteiger partial charge in [0.1, 0.15) is 0 Å². The highest BCUT2D eigenvalue weighted by atomic mass is 35.5. The van der Waals surface area contributed by atoms with Gasteiger partial charge in [-0.2, -0.15) is 17.0 Å². The highest BCUT2D eigenvalue weighted by molar-refractivity contribution is 7.86. The van der Waals surface area contributed by atoms with Crippen molar-refractivity contribution in [1.29, 1.82) is 0 Å². The van der Waals surface area contributed by atoms with E-state index in [9.17, 15) is 8.42 Å². The van der Waals surface area contributed by atoms with Crippen LogP contribution in [0.2, 0.25) is 0 Å². The number of rotatable bonds is 4. The molecule has 0 spiro atoms. The molecule has 1 aliphatic rings. The molecule has 1 unspecified atom stereocenters. The Morgan fingerprint density at radius 2 is 2.20 bits per heavy atom. The summed E-state index contributed by atoms with van der Waals surface area (Å²) in [5.74, 6) is 0.849. The van der Waals surface area contributed by atoms with Gasteiger partial charge >= 0.3 is 0 Å². The van der Waals surface area contributed by atoms with Gasteiger partial charge in [-0.15, -0.1) is 11.6 Å². The Balaban J connectivity index is 2.70. The number of hydrogen-bond donors (Lipinski definition) is 0. The van der Waals surface area contributed by atoms with Gasteiger partial charge in [-0.05, 0) is 18.8 Å². The van der Waals surface area contributed by atoms with Crippen LogP contribution >= 0.6 is 11.6 Å². The first-order chi connectivity index (χ1) is 7.02. The van der Waals surface area contributed by atoms with Crippen molar-refractivity contribution in [3.8, 4) is 0 Å². The number of halogens is 1. The Morgan fingerprint density at radius 1 is 1.53 bits per heavy atom. The molecular weight excluding hydrogens is 236 g/mol. The van der Waals surface area contributed by atoms with Crippen molar-refractivity contribution in [1.82, 2.24) is 8.61 Å². The van der Waals surface area contributed by atoms with E-state index in [-0.39, 0.29) is 0 Å². The lowest BCUT2D eigenvalue weighted by Gasteiger charge is -2.33. The van der Waals surface area contributed by atoms with Crippen LogP contribution in [0.1, 0.15) is 19.8 Å². The second-order valence-electron chi connectivity index (χ2n) is 3.94. The number of piperidine rings is 1. The minimum absolute atomic E-state index is 0.306. The van der Waals surface area contributed by atoms with Gasteiger partial charge in [-0.3, -0.25) is 0 Å². The van der Waals surface area contributed by atoms with Gasteiger partial charge < -0.3 is 0 Å². The Bertz CT molecular complexity index is 294. The van der Waals surface area contributed by atoms with Crippen molar-refractivity contribution in [3.63, 3.8) is 0 Å². The monoisotopic (exact) mass is 254 g/mol. The van der Waals surface area contributed by atoms with Crippen LogP contribution in [-0.4, -0.2) is 49.6 Å². The number of hydrogen-bond acceptors (Lipinski definition) is 2. The Labute approximate surface area is 97.4 Å². The van der Waals surface area contributed by atoms with Crippen molar-refractivity contribution in [2.24, 2.45) is 5.92 Å². The highest BCUT2D eigenvalue weighted by Crippen LogP contribution is 2.21. The summed E-state index contributed by atoms with van der Waals surface area (Å²) in [5.41, 5.74) is 0. The Morgan fingerprint density at radius 3 is 2.73 bits per heavy atom. The molecule has 15 heavy (non-hydrogen) atoms. The lowest BCUT2D eigenvalue weighted by Crippen LogP contribution is -2.46. The molecule has 0 aromatic heterocycles. The molecule has 0 amide bonds. The zero-order valence-corrected chi connectivity index (χ0v) is 10.9. The van der Waals surface area contributed by atoms with Crippen molar-refractivity contribution in [2.45, 2.75) is 19.8 Å². The first-order valence-electron chi connectivity index (χ1n) is 5.29. The molecule has 1 rings (SSSR count). The average Bonchev–Trinajstić information content (AvgIpc) is 2.27. The molecule has 0 bridgehead atoms. The van der Waals surface area contributed by atoms with Crippen LogP contribution in [0.4, 0.5) is 0 Å². The summed E-state index contributed by atoms with van der Waals surface area (Å²) in [5, 5.41) is 0. The van der Waals surface area contributed by atoms with Gasteiger partial charge in [-0.25, -0.2) is 0 Å². The summed E-state index contributed by atoms with van der Waals surface area (Å²) in [4.78, 5) is 0. The first-order valence-corrected chi connectivity index (χ1v) is 7.22. The zero-order chi connectivity index (χ0) is 11.5. The molecule has 0 N–H and O–H groups in total. The maximum Gasteiger partial charge on any atom is 0.281 e. The predicted octanol–water partition coefficient (Wildman–Crippen LogP) is 1.13. The Kier molecular flexibility index (Phi) is 4.83. The van der Waals surface area contributed by atoms with Gasteiger partial charge in [0.2, 0.25) is 0 Å². The summed E-state index contributed by atoms with van der Waals surface area (Å²) in [6, 6.07) is 0. The van der Waals surface area contributed by atoms with Crippen LogP contribution in [0.5, 0.6) is 0 Å². The maximum absolute atomic E-state index is 12.0. The molecule has 1 saturated heterocycles. The topological polar surface area (TPSA) is 40.6 Å². The largest absolute Gasteiger partial charge is 0.281 e. The molecule has 1 fully saturated rings. The van der Waals surface area contributed by atoms with E-state index in [0.29, 0.717) is 31.4 Å². The number of alkyl halides is 1. The van der Waals surface area contributed by atoms with Crippen LogP contribution in [0.3, 0.4) is 0 Å². The molecule has 1 aliphatic heterocycles. The van der Waals surface area contributed by atoms with Crippen LogP contribution in [0.25, 0.3) is 0 Å². The van der Waals surface area contributed by atoms with Crippen LogP contribution in [-0.2, 0) is 10.2 Å². The van der Waals surface area contributed by atoms with E-state index in [2.05, 4.69) is 0 Å². The summed E-state index contributed by atoms with van der Waals surface area (Å²) in [6.07, 6.45) is 1.94. The smallest absolute Gasteiger partial charge is 0.195 e. The summed E-state index contributed by atoms with van der Waals surface area (Å²) >= 11 is 5.77. The second-order valence-corrected chi connectivity index (χ2v) is 6.29. The standard InChI is InChI=1S/C9H19ClN2O2S/c1-3-11(2)15(13,14)12-6-4-5-9(7-10)8-12/h9H,3-8H2,1-2H3. The van der Waals surface area contributed by atoms with Crippen LogP contribution < -0.4 is 0 Å². The minimum Gasteiger partial charge on any atom is -0.195 e. The third kappa shape index (κ3) is 3.06. The van der Waals surface area contributed by atoms with E-state index in [4.69, 9.17) is 11.6 Å². The minimum atomic E-state index is -3.25. The lowest BCUT2D eigenvalue weighted by atomic mass is 10.0. The van der Waals surface area contributed by atoms with Crippen molar-refractivity contribution >= 4 is 21.8 Å². The van der Waals surface area contributed by atoms with Gasteiger partial charge in [0, 0.05) is 32.6 Å². The van der Waals surface area contributed by atoms with Gasteiger partial charge in [-0.1, -0.05) is 6.92 Å². The van der Waals surface area contributed by atoms with E-state index >= 15 is 0 Å². The molecule has 0 aromatic carbocycles. The summed E-state index contributed by atoms with van der Waals surface area (Å²) in [7, 11) is -1.64. The van der Waals surface area contributed by atoms with Crippen molar-refractivity contribution < 1.29 is 8.42 Å². The number of nitrogens with zero attached hydrogens (tertiary/aromatic N) is 2. The third-order valence-electron chi connectivity index (χ3n) is 2.87. The van der Waals surface area contributed by atoms with Crippen molar-refractivity contribution in [3.05, 3.63) is 0 Å². The fourth-order valence-electron chi connectivity index (χ4n) is 1.72. The molecule has 0 radical (unpaired) electrons. The fraction of sp³-hybridized carbons (Fsp3) is 1.00. The van der Waals surface area contributed by atoms with E-state index in [0.717, 1.165) is 12.8 Å². The van der Waals surface area contributed by atoms with Gasteiger partial charge in [0.25, 0.3) is 10.2 Å². The molecule has 1 atom stereocenters. The quantitative estimate of drug-likeness (QED) is 0.706. The molecular formula is C9H19ClN2O2S. The lowest BCUT2D eigenvalue weighted by molar-refractivity contribution is 0.267. The average molecular weight is 255 g/mol. The predicted molar refractivity (Wildman–Crippen MR) is 62.2 cm³/mol. The van der Waals surface area contributed by atoms with Crippen molar-refractivity contribution in [2.75, 3.05) is 32.6 Å². The normalized spacial score (nSPS) is 24.7. The van der Waals surface area contributed by atoms with Crippen LogP contribution in [0.15, 0.2) is 0 Å². The van der Waals surface area contributed by atoms with E-state index in [1.807, 2.05) is 6.92 Å². The molecule has 4 nitrogen and oxygen atoms in total. The molecule has 0 aromatic rings. The molecule has 1 heterocycles. The summed E-state index contributed by atoms with van der Waals surface area (Å²) in [6.45, 7) is 3.53. The highest BCUT2D eigenvalue weighted by Gasteiger charge is 2.30. The molecule has 6 heteroatoms. The molecule has 0 saturated carbocycles. The van der Waals surface area contributed by atoms with Crippen LogP contribution in [0, 0.1) is 5.92 Å². The zero-order valence-electron chi connectivity index (χ0n) is 9.32. The maximum atomic E-state index is 12.0. The third-order valence-corrected chi connectivity index (χ3v) is 5.33. The van der Waals surface area contributed by atoms with E-state index in [1.165, 1.54) is 4.31 Å². The van der Waals surface area contributed by atoms with E-state index in [1.54, 1.807) is 11.4 Å². The van der Waals surface area contributed by atoms with E-state index < -0.39 is 10.2 Å². The fourth-order valence-corrected chi connectivity index (χ4v) is 3.45. The van der Waals surface area contributed by atoms with Gasteiger partial charge in [0.15, 0.2) is 0 Å². The first kappa shape index (κ1) is 13.2. The molecule has 90 valence electrons. The van der Waals surface area contributed by atoms with Gasteiger partial charge in [0.05, 0.1) is 0 Å². The summed E-state index contributed by atoms with van der Waals surface area (Å²) < 4.78 is 26.9. The Hall–Kier alpha value is 0.160. The second kappa shape index (κ2) is 5.48. The molecule has 0 aliphatic carbocycles. The SMILES string of the molecule is CCN(C)S(=O)(=O)N1CCCC(CCl)C1.